The molecule has 0 saturated heterocycles. The summed E-state index contributed by atoms with van der Waals surface area (Å²) in [5, 5.41) is 0. The number of esters is 1. The average Bonchev–Trinajstić information content (AvgIpc) is 2.49. The van der Waals surface area contributed by atoms with Crippen LogP contribution in [-0.2, 0) is 19.6 Å². The summed E-state index contributed by atoms with van der Waals surface area (Å²) < 4.78 is 36.1. The Bertz CT molecular complexity index is 539. The molecular formula is C14H21NO5S. The van der Waals surface area contributed by atoms with E-state index in [1.807, 2.05) is 0 Å². The van der Waals surface area contributed by atoms with Crippen molar-refractivity contribution in [3.05, 3.63) is 24.3 Å². The summed E-state index contributed by atoms with van der Waals surface area (Å²) in [6.45, 7) is 2.27. The highest BCUT2D eigenvalue weighted by Crippen LogP contribution is 2.16. The highest BCUT2D eigenvalue weighted by Gasteiger charge is 2.13. The molecule has 0 aromatic heterocycles. The van der Waals surface area contributed by atoms with Crippen molar-refractivity contribution in [2.24, 2.45) is 0 Å². The van der Waals surface area contributed by atoms with Crippen molar-refractivity contribution in [3.63, 3.8) is 0 Å². The summed E-state index contributed by atoms with van der Waals surface area (Å²) >= 11 is 0. The maximum Gasteiger partial charge on any atom is 0.343 e. The van der Waals surface area contributed by atoms with Gasteiger partial charge in [0, 0.05) is 6.54 Å². The van der Waals surface area contributed by atoms with Gasteiger partial charge in [-0.25, -0.2) is 17.9 Å². The quantitative estimate of drug-likeness (QED) is 0.554. The van der Waals surface area contributed by atoms with Crippen molar-refractivity contribution in [1.29, 1.82) is 0 Å². The van der Waals surface area contributed by atoms with E-state index in [4.69, 9.17) is 4.74 Å². The zero-order chi connectivity index (χ0) is 15.7. The summed E-state index contributed by atoms with van der Waals surface area (Å²) in [6.07, 6.45) is 2.84. The lowest BCUT2D eigenvalue weighted by Crippen LogP contribution is -2.24. The Labute approximate surface area is 125 Å². The second-order valence-electron chi connectivity index (χ2n) is 4.44. The van der Waals surface area contributed by atoms with E-state index in [0.717, 1.165) is 19.3 Å². The van der Waals surface area contributed by atoms with E-state index in [0.29, 0.717) is 12.3 Å². The summed E-state index contributed by atoms with van der Waals surface area (Å²) in [5.74, 6) is -0.0883. The second-order valence-corrected chi connectivity index (χ2v) is 6.21. The number of rotatable bonds is 9. The Hall–Kier alpha value is -1.60. The lowest BCUT2D eigenvalue weighted by molar-refractivity contribution is -0.142. The van der Waals surface area contributed by atoms with Crippen LogP contribution in [0.4, 0.5) is 0 Å². The molecule has 0 amide bonds. The van der Waals surface area contributed by atoms with Crippen LogP contribution in [0.1, 0.15) is 26.2 Å². The third kappa shape index (κ3) is 6.14. The molecular weight excluding hydrogens is 294 g/mol. The molecule has 0 heterocycles. The van der Waals surface area contributed by atoms with Crippen molar-refractivity contribution in [2.45, 2.75) is 31.1 Å². The van der Waals surface area contributed by atoms with Gasteiger partial charge in [-0.15, -0.1) is 0 Å². The van der Waals surface area contributed by atoms with Crippen molar-refractivity contribution in [2.75, 3.05) is 20.3 Å². The lowest BCUT2D eigenvalue weighted by Gasteiger charge is -2.08. The molecule has 0 bridgehead atoms. The van der Waals surface area contributed by atoms with E-state index in [-0.39, 0.29) is 11.5 Å². The zero-order valence-corrected chi connectivity index (χ0v) is 13.1. The number of unbranched alkanes of at least 4 members (excludes halogenated alkanes) is 2. The van der Waals surface area contributed by atoms with Gasteiger partial charge >= 0.3 is 5.97 Å². The third-order valence-electron chi connectivity index (χ3n) is 2.79. The largest absolute Gasteiger partial charge is 0.482 e. The van der Waals surface area contributed by atoms with Crippen molar-refractivity contribution in [1.82, 2.24) is 4.72 Å². The molecule has 21 heavy (non-hydrogen) atoms. The van der Waals surface area contributed by atoms with Gasteiger partial charge in [0.2, 0.25) is 10.0 Å². The van der Waals surface area contributed by atoms with Crippen LogP contribution >= 0.6 is 0 Å². The Morgan fingerprint density at radius 2 is 1.86 bits per heavy atom. The van der Waals surface area contributed by atoms with E-state index < -0.39 is 16.0 Å². The van der Waals surface area contributed by atoms with E-state index in [2.05, 4.69) is 16.4 Å². The van der Waals surface area contributed by atoms with Gasteiger partial charge in [0.1, 0.15) is 5.75 Å². The first-order valence-corrected chi connectivity index (χ1v) is 8.27. The van der Waals surface area contributed by atoms with Crippen molar-refractivity contribution >= 4 is 16.0 Å². The van der Waals surface area contributed by atoms with Crippen molar-refractivity contribution in [3.8, 4) is 5.75 Å². The molecule has 0 spiro atoms. The topological polar surface area (TPSA) is 81.7 Å². The molecule has 0 aliphatic carbocycles. The van der Waals surface area contributed by atoms with E-state index >= 15 is 0 Å². The van der Waals surface area contributed by atoms with E-state index in [1.165, 1.54) is 31.4 Å². The number of methoxy groups -OCH3 is 1. The minimum atomic E-state index is -3.49. The van der Waals surface area contributed by atoms with Crippen LogP contribution in [0.25, 0.3) is 0 Å². The maximum absolute atomic E-state index is 12.0. The summed E-state index contributed by atoms with van der Waals surface area (Å²) in [7, 11) is -2.22. The van der Waals surface area contributed by atoms with Crippen LogP contribution in [0.3, 0.4) is 0 Å². The predicted molar refractivity (Wildman–Crippen MR) is 78.7 cm³/mol. The Morgan fingerprint density at radius 3 is 2.43 bits per heavy atom. The number of hydrogen-bond acceptors (Lipinski definition) is 5. The minimum Gasteiger partial charge on any atom is -0.482 e. The Kier molecular flexibility index (Phi) is 7.18. The van der Waals surface area contributed by atoms with Gasteiger partial charge in [-0.2, -0.15) is 0 Å². The van der Waals surface area contributed by atoms with Crippen LogP contribution in [0.15, 0.2) is 29.2 Å². The van der Waals surface area contributed by atoms with Crippen molar-refractivity contribution < 1.29 is 22.7 Å². The predicted octanol–water partition coefficient (Wildman–Crippen LogP) is 1.71. The van der Waals surface area contributed by atoms with Gasteiger partial charge in [-0.05, 0) is 30.7 Å². The lowest BCUT2D eigenvalue weighted by atomic mass is 10.3. The fourth-order valence-electron chi connectivity index (χ4n) is 1.58. The SMILES string of the molecule is CCCCCNS(=O)(=O)c1ccc(OCC(=O)OC)cc1. The molecule has 1 aromatic rings. The van der Waals surface area contributed by atoms with E-state index in [1.54, 1.807) is 0 Å². The Balaban J connectivity index is 2.57. The number of nitrogens with one attached hydrogen (secondary N) is 1. The van der Waals surface area contributed by atoms with Gasteiger partial charge in [0.05, 0.1) is 12.0 Å². The van der Waals surface area contributed by atoms with Gasteiger partial charge in [-0.3, -0.25) is 0 Å². The van der Waals surface area contributed by atoms with Gasteiger partial charge in [0.15, 0.2) is 6.61 Å². The first kappa shape index (κ1) is 17.5. The molecule has 118 valence electrons. The highest BCUT2D eigenvalue weighted by atomic mass is 32.2. The summed E-state index contributed by atoms with van der Waals surface area (Å²) in [4.78, 5) is 11.1. The molecule has 1 rings (SSSR count). The van der Waals surface area contributed by atoms with Gasteiger partial charge in [0.25, 0.3) is 0 Å². The number of carbonyl (C=O) groups is 1. The van der Waals surface area contributed by atoms with Crippen LogP contribution in [-0.4, -0.2) is 34.6 Å². The summed E-state index contributed by atoms with van der Waals surface area (Å²) in [6, 6.07) is 5.89. The number of hydrogen-bond donors (Lipinski definition) is 1. The van der Waals surface area contributed by atoms with Crippen LogP contribution in [0.5, 0.6) is 5.75 Å². The standard InChI is InChI=1S/C14H21NO5S/c1-3-4-5-10-15-21(17,18)13-8-6-12(7-9-13)20-11-14(16)19-2/h6-9,15H,3-5,10-11H2,1-2H3. The molecule has 7 heteroatoms. The number of carbonyl (C=O) groups excluding carboxylic acids is 1. The number of ether oxygens (including phenoxy) is 2. The Morgan fingerprint density at radius 1 is 1.19 bits per heavy atom. The molecule has 0 saturated carbocycles. The molecule has 0 aliphatic heterocycles. The number of sulfonamides is 1. The molecule has 1 aromatic carbocycles. The van der Waals surface area contributed by atoms with Gasteiger partial charge in [-0.1, -0.05) is 19.8 Å². The smallest absolute Gasteiger partial charge is 0.343 e. The average molecular weight is 315 g/mol. The minimum absolute atomic E-state index is 0.171. The second kappa shape index (κ2) is 8.63. The molecule has 6 nitrogen and oxygen atoms in total. The zero-order valence-electron chi connectivity index (χ0n) is 12.3. The normalized spacial score (nSPS) is 11.1. The summed E-state index contributed by atoms with van der Waals surface area (Å²) in [5.41, 5.74) is 0. The maximum atomic E-state index is 12.0. The molecule has 0 unspecified atom stereocenters. The number of benzene rings is 1. The first-order valence-electron chi connectivity index (χ1n) is 6.79. The molecule has 0 radical (unpaired) electrons. The monoisotopic (exact) mass is 315 g/mol. The van der Waals surface area contributed by atoms with Crippen LogP contribution in [0, 0.1) is 0 Å². The van der Waals surface area contributed by atoms with Crippen LogP contribution < -0.4 is 9.46 Å². The molecule has 0 aliphatic rings. The van der Waals surface area contributed by atoms with Gasteiger partial charge < -0.3 is 9.47 Å². The van der Waals surface area contributed by atoms with Crippen LogP contribution in [0.2, 0.25) is 0 Å². The third-order valence-corrected chi connectivity index (χ3v) is 4.27. The fourth-order valence-corrected chi connectivity index (χ4v) is 2.66. The molecule has 0 fully saturated rings. The first-order chi connectivity index (χ1) is 9.99. The van der Waals surface area contributed by atoms with E-state index in [9.17, 15) is 13.2 Å². The molecule has 0 atom stereocenters. The molecule has 1 N–H and O–H groups in total. The highest BCUT2D eigenvalue weighted by molar-refractivity contribution is 7.89. The fraction of sp³-hybridized carbons (Fsp3) is 0.500.